The van der Waals surface area contributed by atoms with Gasteiger partial charge in [0, 0.05) is 34.7 Å². The van der Waals surface area contributed by atoms with Gasteiger partial charge < -0.3 is 15.2 Å². The second-order valence-electron chi connectivity index (χ2n) is 8.27. The second kappa shape index (κ2) is 10.7. The van der Waals surface area contributed by atoms with Crippen molar-refractivity contribution in [2.24, 2.45) is 4.99 Å². The van der Waals surface area contributed by atoms with E-state index in [4.69, 9.17) is 4.74 Å². The Morgan fingerprint density at radius 2 is 2.17 bits per heavy atom. The first kappa shape index (κ1) is 26.3. The van der Waals surface area contributed by atoms with Gasteiger partial charge in [0.25, 0.3) is 5.92 Å². The zero-order chi connectivity index (χ0) is 26.0. The first-order valence-corrected chi connectivity index (χ1v) is 12.7. The van der Waals surface area contributed by atoms with Crippen LogP contribution in [0.4, 0.5) is 13.2 Å². The number of carboxylic acid groups (broad SMARTS) is 1. The molecule has 2 N–H and O–H groups in total. The fourth-order valence-corrected chi connectivity index (χ4v) is 5.39. The van der Waals surface area contributed by atoms with Crippen molar-refractivity contribution in [3.63, 3.8) is 0 Å². The summed E-state index contributed by atoms with van der Waals surface area (Å²) in [5, 5.41) is 14.9. The highest BCUT2D eigenvalue weighted by molar-refractivity contribution is 9.10. The van der Waals surface area contributed by atoms with Crippen molar-refractivity contribution in [3.05, 3.63) is 61.9 Å². The smallest absolute Gasteiger partial charge is 0.338 e. The minimum absolute atomic E-state index is 0.0162. The number of nitrogens with zero attached hydrogens (tertiary/aromatic N) is 3. The van der Waals surface area contributed by atoms with Crippen LogP contribution in [0, 0.1) is 5.82 Å². The molecule has 4 rings (SSSR count). The maximum Gasteiger partial charge on any atom is 0.338 e. The van der Waals surface area contributed by atoms with Crippen molar-refractivity contribution in [1.29, 1.82) is 0 Å². The van der Waals surface area contributed by atoms with Gasteiger partial charge in [-0.15, -0.1) is 11.3 Å². The highest BCUT2D eigenvalue weighted by Gasteiger charge is 2.44. The molecule has 2 atom stereocenters. The van der Waals surface area contributed by atoms with Crippen molar-refractivity contribution in [2.75, 3.05) is 19.7 Å². The van der Waals surface area contributed by atoms with Gasteiger partial charge in [-0.05, 0) is 31.0 Å². The lowest BCUT2D eigenvalue weighted by Gasteiger charge is -2.39. The van der Waals surface area contributed by atoms with Crippen molar-refractivity contribution in [2.45, 2.75) is 37.8 Å². The Morgan fingerprint density at radius 1 is 1.39 bits per heavy atom. The first-order valence-electron chi connectivity index (χ1n) is 11.0. The number of aromatic nitrogens is 1. The summed E-state index contributed by atoms with van der Waals surface area (Å²) in [5.74, 6) is -5.31. The molecule has 0 aliphatic carbocycles. The van der Waals surface area contributed by atoms with Crippen LogP contribution in [0.25, 0.3) is 0 Å². The molecule has 0 amide bonds. The number of halogens is 4. The van der Waals surface area contributed by atoms with Crippen LogP contribution in [0.3, 0.4) is 0 Å². The van der Waals surface area contributed by atoms with Crippen LogP contribution >= 0.6 is 27.3 Å². The maximum atomic E-state index is 14.3. The van der Waals surface area contributed by atoms with E-state index in [-0.39, 0.29) is 36.7 Å². The third-order valence-electron chi connectivity index (χ3n) is 5.82. The highest BCUT2D eigenvalue weighted by Crippen LogP contribution is 2.38. The zero-order valence-electron chi connectivity index (χ0n) is 19.0. The van der Waals surface area contributed by atoms with E-state index in [1.165, 1.54) is 29.5 Å². The molecule has 36 heavy (non-hydrogen) atoms. The predicted molar refractivity (Wildman–Crippen MR) is 129 cm³/mol. The summed E-state index contributed by atoms with van der Waals surface area (Å²) in [6, 6.07) is 1.74. The minimum Gasteiger partial charge on any atom is -0.480 e. The number of ether oxygens (including phenoxy) is 1. The van der Waals surface area contributed by atoms with Gasteiger partial charge in [-0.3, -0.25) is 14.7 Å². The Hall–Kier alpha value is -2.77. The van der Waals surface area contributed by atoms with Gasteiger partial charge in [0.1, 0.15) is 17.9 Å². The van der Waals surface area contributed by atoms with E-state index in [2.05, 4.69) is 31.2 Å². The predicted octanol–water partition coefficient (Wildman–Crippen LogP) is 4.14. The Balaban J connectivity index is 1.85. The SMILES string of the molecule is CCOC(=O)C1=C(CN2CC(F)(F)CC[C@@H]2C(=O)O)NC(c2nccs2)=N[C@H]1c1ccc(F)cc1Br. The number of hydrogen-bond donors (Lipinski definition) is 2. The van der Waals surface area contributed by atoms with Gasteiger partial charge in [-0.2, -0.15) is 0 Å². The van der Waals surface area contributed by atoms with E-state index in [1.807, 2.05) is 0 Å². The second-order valence-corrected chi connectivity index (χ2v) is 10.0. The standard InChI is InChI=1S/C23H22BrF3N4O4S/c1-2-35-22(34)17-15(10-31-11-23(26,27)6-5-16(31)21(32)33)29-19(20-28-7-8-36-20)30-18(17)13-4-3-12(25)9-14(13)24/h3-4,7-9,16,18H,2,5-6,10-11H2,1H3,(H,29,30)(H,32,33)/t16-,18+/m1/s1. The molecule has 0 bridgehead atoms. The number of rotatable bonds is 7. The molecule has 8 nitrogen and oxygen atoms in total. The number of carboxylic acids is 1. The third kappa shape index (κ3) is 5.62. The van der Waals surface area contributed by atoms with Gasteiger partial charge in [-0.25, -0.2) is 22.9 Å². The van der Waals surface area contributed by atoms with Crippen molar-refractivity contribution in [3.8, 4) is 0 Å². The Morgan fingerprint density at radius 3 is 2.81 bits per heavy atom. The van der Waals surface area contributed by atoms with Crippen LogP contribution in [0.15, 0.2) is 50.5 Å². The first-order chi connectivity index (χ1) is 17.1. The van der Waals surface area contributed by atoms with Crippen LogP contribution in [-0.2, 0) is 14.3 Å². The average molecular weight is 587 g/mol. The summed E-state index contributed by atoms with van der Waals surface area (Å²) in [6.45, 7) is 0.558. The van der Waals surface area contributed by atoms with Crippen LogP contribution in [0.1, 0.15) is 36.4 Å². The molecule has 1 aromatic heterocycles. The quantitative estimate of drug-likeness (QED) is 0.470. The molecule has 192 valence electrons. The van der Waals surface area contributed by atoms with Gasteiger partial charge in [-0.1, -0.05) is 22.0 Å². The minimum atomic E-state index is -3.09. The zero-order valence-corrected chi connectivity index (χ0v) is 21.4. The molecule has 1 aromatic carbocycles. The number of likely N-dealkylation sites (tertiary alicyclic amines) is 1. The molecule has 1 saturated heterocycles. The normalized spacial score (nSPS) is 22.1. The Bertz CT molecular complexity index is 1220. The number of carbonyl (C=O) groups is 2. The van der Waals surface area contributed by atoms with Crippen molar-refractivity contribution >= 4 is 45.0 Å². The topological polar surface area (TPSA) is 104 Å². The largest absolute Gasteiger partial charge is 0.480 e. The lowest BCUT2D eigenvalue weighted by atomic mass is 9.94. The molecule has 3 heterocycles. The molecule has 0 saturated carbocycles. The van der Waals surface area contributed by atoms with E-state index in [1.54, 1.807) is 18.5 Å². The van der Waals surface area contributed by atoms with Crippen LogP contribution in [0.5, 0.6) is 0 Å². The van der Waals surface area contributed by atoms with Crippen molar-refractivity contribution in [1.82, 2.24) is 15.2 Å². The van der Waals surface area contributed by atoms with Crippen LogP contribution in [0.2, 0.25) is 0 Å². The molecule has 2 aromatic rings. The van der Waals surface area contributed by atoms with Gasteiger partial charge >= 0.3 is 11.9 Å². The maximum absolute atomic E-state index is 14.3. The molecule has 0 spiro atoms. The van der Waals surface area contributed by atoms with Gasteiger partial charge in [0.05, 0.1) is 18.7 Å². The lowest BCUT2D eigenvalue weighted by Crippen LogP contribution is -2.54. The Labute approximate surface area is 217 Å². The molecular weight excluding hydrogens is 565 g/mol. The van der Waals surface area contributed by atoms with E-state index in [0.29, 0.717) is 15.0 Å². The highest BCUT2D eigenvalue weighted by atomic mass is 79.9. The number of alkyl halides is 2. The van der Waals surface area contributed by atoms with Gasteiger partial charge in [0.15, 0.2) is 10.8 Å². The van der Waals surface area contributed by atoms with Crippen molar-refractivity contribution < 1.29 is 32.6 Å². The third-order valence-corrected chi connectivity index (χ3v) is 7.28. The number of nitrogens with one attached hydrogen (secondary N) is 1. The lowest BCUT2D eigenvalue weighted by molar-refractivity contribution is -0.151. The number of aliphatic carboxylic acids is 1. The molecule has 13 heteroatoms. The molecule has 2 aliphatic rings. The van der Waals surface area contributed by atoms with E-state index in [9.17, 15) is 27.9 Å². The molecule has 0 radical (unpaired) electrons. The molecular formula is C23H22BrF3N4O4S. The summed E-state index contributed by atoms with van der Waals surface area (Å²) in [6.07, 6.45) is 0.766. The number of aliphatic imine (C=N–C) groups is 1. The number of benzene rings is 1. The number of piperidine rings is 1. The summed E-state index contributed by atoms with van der Waals surface area (Å²) in [4.78, 5) is 35.1. The fraction of sp³-hybridized carbons (Fsp3) is 0.391. The number of amidine groups is 1. The van der Waals surface area contributed by atoms with E-state index >= 15 is 0 Å². The summed E-state index contributed by atoms with van der Waals surface area (Å²) < 4.78 is 48.1. The monoisotopic (exact) mass is 586 g/mol. The summed E-state index contributed by atoms with van der Waals surface area (Å²) >= 11 is 4.59. The number of carbonyl (C=O) groups excluding carboxylic acids is 1. The van der Waals surface area contributed by atoms with Crippen LogP contribution < -0.4 is 5.32 Å². The fourth-order valence-electron chi connectivity index (χ4n) is 4.23. The molecule has 2 aliphatic heterocycles. The van der Waals surface area contributed by atoms with Gasteiger partial charge in [0.2, 0.25) is 0 Å². The summed E-state index contributed by atoms with van der Waals surface area (Å²) in [7, 11) is 0. The Kier molecular flexibility index (Phi) is 7.81. The molecule has 1 fully saturated rings. The number of thiazole rings is 1. The molecule has 0 unspecified atom stereocenters. The average Bonchev–Trinajstić information content (AvgIpc) is 3.33. The van der Waals surface area contributed by atoms with Crippen LogP contribution in [-0.4, -0.2) is 64.4 Å². The number of hydrogen-bond acceptors (Lipinski definition) is 8. The number of esters is 1. The summed E-state index contributed by atoms with van der Waals surface area (Å²) in [5.41, 5.74) is 0.618. The van der Waals surface area contributed by atoms with E-state index < -0.39 is 48.7 Å². The van der Waals surface area contributed by atoms with E-state index in [0.717, 1.165) is 4.90 Å².